The predicted molar refractivity (Wildman–Crippen MR) is 68.6 cm³/mol. The summed E-state index contributed by atoms with van der Waals surface area (Å²) in [7, 11) is 0. The van der Waals surface area contributed by atoms with Gasteiger partial charge >= 0.3 is 0 Å². The van der Waals surface area contributed by atoms with Crippen molar-refractivity contribution < 1.29 is 8.81 Å². The van der Waals surface area contributed by atoms with E-state index in [9.17, 15) is 4.39 Å². The fraction of sp³-hybridized carbons (Fsp3) is 0.385. The van der Waals surface area contributed by atoms with Crippen LogP contribution in [0.3, 0.4) is 0 Å². The van der Waals surface area contributed by atoms with E-state index >= 15 is 0 Å². The number of hydrogen-bond acceptors (Lipinski definition) is 3. The van der Waals surface area contributed by atoms with E-state index in [2.05, 4.69) is 26.1 Å². The van der Waals surface area contributed by atoms with E-state index in [1.54, 1.807) is 12.1 Å². The monoisotopic (exact) mass is 310 g/mol. The Morgan fingerprint density at radius 2 is 2.00 bits per heavy atom. The summed E-state index contributed by atoms with van der Waals surface area (Å²) >= 11 is 3.31. The molecule has 1 saturated carbocycles. The van der Waals surface area contributed by atoms with Gasteiger partial charge in [0.25, 0.3) is 5.89 Å². The first-order valence-electron chi connectivity index (χ1n) is 6.03. The molecule has 0 aliphatic heterocycles. The smallest absolute Gasteiger partial charge is 0.250 e. The first-order chi connectivity index (χ1) is 8.74. The van der Waals surface area contributed by atoms with Crippen LogP contribution in [0.4, 0.5) is 4.39 Å². The number of hydrogen-bond donors (Lipinski definition) is 0. The normalized spacial score (nSPS) is 16.3. The van der Waals surface area contributed by atoms with Crippen LogP contribution in [-0.2, 0) is 0 Å². The van der Waals surface area contributed by atoms with Crippen LogP contribution in [0.5, 0.6) is 0 Å². The highest BCUT2D eigenvalue weighted by atomic mass is 79.9. The third-order valence-electron chi connectivity index (χ3n) is 3.30. The Morgan fingerprint density at radius 1 is 1.22 bits per heavy atom. The number of aromatic nitrogens is 2. The Morgan fingerprint density at radius 3 is 2.78 bits per heavy atom. The molecule has 3 rings (SSSR count). The second-order valence-corrected chi connectivity index (χ2v) is 5.47. The summed E-state index contributed by atoms with van der Waals surface area (Å²) < 4.78 is 20.1. The van der Waals surface area contributed by atoms with Gasteiger partial charge in [-0.05, 0) is 31.0 Å². The van der Waals surface area contributed by atoms with Gasteiger partial charge in [0.15, 0.2) is 0 Å². The van der Waals surface area contributed by atoms with Crippen LogP contribution in [-0.4, -0.2) is 10.2 Å². The largest absolute Gasteiger partial charge is 0.420 e. The van der Waals surface area contributed by atoms with Crippen molar-refractivity contribution in [1.29, 1.82) is 0 Å². The zero-order valence-electron chi connectivity index (χ0n) is 9.70. The second kappa shape index (κ2) is 4.80. The minimum Gasteiger partial charge on any atom is -0.420 e. The molecule has 94 valence electrons. The van der Waals surface area contributed by atoms with Crippen molar-refractivity contribution >= 4 is 15.9 Å². The fourth-order valence-electron chi connectivity index (χ4n) is 2.34. The maximum atomic E-state index is 13.7. The molecule has 0 radical (unpaired) electrons. The van der Waals surface area contributed by atoms with Crippen molar-refractivity contribution in [3.8, 4) is 11.5 Å². The van der Waals surface area contributed by atoms with Crippen molar-refractivity contribution in [1.82, 2.24) is 10.2 Å². The molecule has 1 aromatic heterocycles. The third-order valence-corrected chi connectivity index (χ3v) is 3.80. The Balaban J connectivity index is 1.94. The standard InChI is InChI=1S/C13H12BrFN2O/c14-9-5-6-11(15)10(7-9)13-17-16-12(18-13)8-3-1-2-4-8/h5-8H,1-4H2. The Labute approximate surface area is 113 Å². The van der Waals surface area contributed by atoms with Crippen LogP contribution in [0.2, 0.25) is 0 Å². The third kappa shape index (κ3) is 2.19. The highest BCUT2D eigenvalue weighted by Gasteiger charge is 2.23. The predicted octanol–water partition coefficient (Wildman–Crippen LogP) is 4.30. The Bertz CT molecular complexity index is 564. The quantitative estimate of drug-likeness (QED) is 0.830. The van der Waals surface area contributed by atoms with Crippen molar-refractivity contribution in [2.45, 2.75) is 31.6 Å². The Kier molecular flexibility index (Phi) is 3.16. The van der Waals surface area contributed by atoms with E-state index in [1.807, 2.05) is 0 Å². The molecule has 0 N–H and O–H groups in total. The first-order valence-corrected chi connectivity index (χ1v) is 6.82. The minimum absolute atomic E-state index is 0.260. The molecule has 5 heteroatoms. The van der Waals surface area contributed by atoms with E-state index in [0.29, 0.717) is 17.4 Å². The van der Waals surface area contributed by atoms with Gasteiger partial charge in [-0.25, -0.2) is 4.39 Å². The maximum Gasteiger partial charge on any atom is 0.250 e. The van der Waals surface area contributed by atoms with Gasteiger partial charge < -0.3 is 4.42 Å². The Hall–Kier alpha value is -1.23. The molecule has 1 aliphatic carbocycles. The molecular formula is C13H12BrFN2O. The molecule has 1 heterocycles. The van der Waals surface area contributed by atoms with Crippen LogP contribution < -0.4 is 0 Å². The highest BCUT2D eigenvalue weighted by molar-refractivity contribution is 9.10. The molecule has 0 bridgehead atoms. The van der Waals surface area contributed by atoms with Crippen LogP contribution in [0.1, 0.15) is 37.5 Å². The van der Waals surface area contributed by atoms with Crippen LogP contribution in [0.15, 0.2) is 27.1 Å². The lowest BCUT2D eigenvalue weighted by atomic mass is 10.1. The zero-order chi connectivity index (χ0) is 12.5. The molecule has 0 saturated heterocycles. The molecule has 1 aliphatic rings. The second-order valence-electron chi connectivity index (χ2n) is 4.55. The summed E-state index contributed by atoms with van der Waals surface area (Å²) in [5, 5.41) is 8.00. The summed E-state index contributed by atoms with van der Waals surface area (Å²) in [6, 6.07) is 4.69. The summed E-state index contributed by atoms with van der Waals surface area (Å²) in [6.45, 7) is 0. The van der Waals surface area contributed by atoms with Gasteiger partial charge in [0.05, 0.1) is 5.56 Å². The lowest BCUT2D eigenvalue weighted by Gasteiger charge is -2.01. The molecule has 0 amide bonds. The van der Waals surface area contributed by atoms with E-state index in [4.69, 9.17) is 4.42 Å². The van der Waals surface area contributed by atoms with Crippen LogP contribution in [0, 0.1) is 5.82 Å². The van der Waals surface area contributed by atoms with Gasteiger partial charge in [0.2, 0.25) is 5.89 Å². The van der Waals surface area contributed by atoms with Crippen molar-refractivity contribution in [3.05, 3.63) is 34.4 Å². The van der Waals surface area contributed by atoms with Crippen LogP contribution >= 0.6 is 15.9 Å². The molecule has 3 nitrogen and oxygen atoms in total. The number of benzene rings is 1. The first kappa shape index (κ1) is 11.8. The van der Waals surface area contributed by atoms with Crippen molar-refractivity contribution in [2.24, 2.45) is 0 Å². The highest BCUT2D eigenvalue weighted by Crippen LogP contribution is 2.35. The van der Waals surface area contributed by atoms with Crippen LogP contribution in [0.25, 0.3) is 11.5 Å². The van der Waals surface area contributed by atoms with Gasteiger partial charge in [0.1, 0.15) is 5.82 Å². The van der Waals surface area contributed by atoms with Gasteiger partial charge in [-0.1, -0.05) is 28.8 Å². The minimum atomic E-state index is -0.347. The summed E-state index contributed by atoms with van der Waals surface area (Å²) in [5.41, 5.74) is 0.348. The van der Waals surface area contributed by atoms with Crippen molar-refractivity contribution in [2.75, 3.05) is 0 Å². The molecule has 1 aromatic carbocycles. The lowest BCUT2D eigenvalue weighted by molar-refractivity contribution is 0.455. The molecule has 0 spiro atoms. The number of nitrogens with zero attached hydrogens (tertiary/aromatic N) is 2. The average molecular weight is 311 g/mol. The molecule has 2 aromatic rings. The van der Waals surface area contributed by atoms with E-state index in [1.165, 1.54) is 18.9 Å². The van der Waals surface area contributed by atoms with E-state index < -0.39 is 0 Å². The molecule has 0 atom stereocenters. The number of halogens is 2. The molecular weight excluding hydrogens is 299 g/mol. The van der Waals surface area contributed by atoms with Gasteiger partial charge in [-0.2, -0.15) is 0 Å². The van der Waals surface area contributed by atoms with Gasteiger partial charge in [0, 0.05) is 10.4 Å². The molecule has 0 unspecified atom stereocenters. The summed E-state index contributed by atoms with van der Waals surface area (Å²) in [6.07, 6.45) is 4.58. The zero-order valence-corrected chi connectivity index (χ0v) is 11.3. The topological polar surface area (TPSA) is 38.9 Å². The van der Waals surface area contributed by atoms with E-state index in [-0.39, 0.29) is 11.7 Å². The van der Waals surface area contributed by atoms with E-state index in [0.717, 1.165) is 17.3 Å². The van der Waals surface area contributed by atoms with Gasteiger partial charge in [-0.15, -0.1) is 10.2 Å². The SMILES string of the molecule is Fc1ccc(Br)cc1-c1nnc(C2CCCC2)o1. The van der Waals surface area contributed by atoms with Gasteiger partial charge in [-0.3, -0.25) is 0 Å². The summed E-state index contributed by atoms with van der Waals surface area (Å²) in [5.74, 6) is 0.902. The average Bonchev–Trinajstić information content (AvgIpc) is 3.00. The lowest BCUT2D eigenvalue weighted by Crippen LogP contribution is -1.91. The summed E-state index contributed by atoms with van der Waals surface area (Å²) in [4.78, 5) is 0. The fourth-order valence-corrected chi connectivity index (χ4v) is 2.70. The molecule has 1 fully saturated rings. The molecule has 18 heavy (non-hydrogen) atoms. The number of rotatable bonds is 2. The van der Waals surface area contributed by atoms with Crippen molar-refractivity contribution in [3.63, 3.8) is 0 Å². The maximum absolute atomic E-state index is 13.7.